The van der Waals surface area contributed by atoms with Crippen molar-refractivity contribution in [3.63, 3.8) is 0 Å². The van der Waals surface area contributed by atoms with Crippen LogP contribution in [0.5, 0.6) is 0 Å². The second-order valence-electron chi connectivity index (χ2n) is 4.21. The second-order valence-corrected chi connectivity index (χ2v) is 4.21. The summed E-state index contributed by atoms with van der Waals surface area (Å²) in [7, 11) is 2.06. The average Bonchev–Trinajstić information content (AvgIpc) is 2.57. The zero-order chi connectivity index (χ0) is 10.8. The fourth-order valence-corrected chi connectivity index (χ4v) is 1.84. The molecule has 0 radical (unpaired) electrons. The van der Waals surface area contributed by atoms with Crippen molar-refractivity contribution in [2.24, 2.45) is 7.05 Å². The topological polar surface area (TPSA) is 25.2 Å². The lowest BCUT2D eigenvalue weighted by atomic mass is 10.1. The van der Waals surface area contributed by atoms with Crippen LogP contribution in [0.4, 0.5) is 0 Å². The molecule has 0 aliphatic rings. The molecule has 1 atom stereocenters. The standard InChI is InChI=1S/C13H17NO/c1-10(15)3-4-11-5-6-12-7-8-14(2)13(12)9-11/h5-10,15H,3-4H2,1-2H3. The number of aromatic nitrogens is 1. The lowest BCUT2D eigenvalue weighted by molar-refractivity contribution is 0.185. The third-order valence-corrected chi connectivity index (χ3v) is 2.80. The van der Waals surface area contributed by atoms with Crippen molar-refractivity contribution in [1.29, 1.82) is 0 Å². The molecule has 0 spiro atoms. The zero-order valence-electron chi connectivity index (χ0n) is 9.27. The van der Waals surface area contributed by atoms with E-state index in [0.29, 0.717) is 0 Å². The summed E-state index contributed by atoms with van der Waals surface area (Å²) < 4.78 is 2.13. The Bertz CT molecular complexity index is 457. The van der Waals surface area contributed by atoms with Gasteiger partial charge in [0.1, 0.15) is 0 Å². The molecule has 0 amide bonds. The van der Waals surface area contributed by atoms with E-state index in [1.165, 1.54) is 16.5 Å². The van der Waals surface area contributed by atoms with E-state index in [1.54, 1.807) is 0 Å². The normalized spacial score (nSPS) is 13.3. The minimum absolute atomic E-state index is 0.214. The number of fused-ring (bicyclic) bond motifs is 1. The number of benzene rings is 1. The summed E-state index contributed by atoms with van der Waals surface area (Å²) in [5, 5.41) is 10.5. The van der Waals surface area contributed by atoms with Gasteiger partial charge in [-0.2, -0.15) is 0 Å². The Balaban J connectivity index is 2.25. The van der Waals surface area contributed by atoms with Crippen molar-refractivity contribution in [2.45, 2.75) is 25.9 Å². The van der Waals surface area contributed by atoms with Crippen molar-refractivity contribution in [3.8, 4) is 0 Å². The number of hydrogen-bond donors (Lipinski definition) is 1. The van der Waals surface area contributed by atoms with Crippen LogP contribution in [0.25, 0.3) is 10.9 Å². The number of aryl methyl sites for hydroxylation is 2. The van der Waals surface area contributed by atoms with Crippen LogP contribution in [0.15, 0.2) is 30.5 Å². The van der Waals surface area contributed by atoms with Gasteiger partial charge in [0.15, 0.2) is 0 Å². The summed E-state index contributed by atoms with van der Waals surface area (Å²) in [4.78, 5) is 0. The SMILES string of the molecule is CC(O)CCc1ccc2ccn(C)c2c1. The summed E-state index contributed by atoms with van der Waals surface area (Å²) in [6, 6.07) is 8.61. The molecule has 0 aliphatic carbocycles. The lowest BCUT2D eigenvalue weighted by Crippen LogP contribution is -2.01. The predicted molar refractivity (Wildman–Crippen MR) is 62.9 cm³/mol. The zero-order valence-corrected chi connectivity index (χ0v) is 9.27. The van der Waals surface area contributed by atoms with Gasteiger partial charge in [0, 0.05) is 18.8 Å². The molecule has 80 valence electrons. The molecule has 0 aliphatic heterocycles. The van der Waals surface area contributed by atoms with Gasteiger partial charge < -0.3 is 9.67 Å². The number of aliphatic hydroxyl groups is 1. The van der Waals surface area contributed by atoms with E-state index >= 15 is 0 Å². The fourth-order valence-electron chi connectivity index (χ4n) is 1.84. The third kappa shape index (κ3) is 2.21. The predicted octanol–water partition coefficient (Wildman–Crippen LogP) is 2.49. The smallest absolute Gasteiger partial charge is 0.0515 e. The first kappa shape index (κ1) is 10.2. The van der Waals surface area contributed by atoms with Crippen LogP contribution in [0.2, 0.25) is 0 Å². The van der Waals surface area contributed by atoms with E-state index in [9.17, 15) is 5.11 Å². The van der Waals surface area contributed by atoms with Crippen molar-refractivity contribution in [3.05, 3.63) is 36.0 Å². The van der Waals surface area contributed by atoms with Crippen molar-refractivity contribution < 1.29 is 5.11 Å². The average molecular weight is 203 g/mol. The molecular formula is C13H17NO. The van der Waals surface area contributed by atoms with E-state index < -0.39 is 0 Å². The van der Waals surface area contributed by atoms with E-state index in [4.69, 9.17) is 0 Å². The Kier molecular flexibility index (Phi) is 2.78. The molecule has 0 bridgehead atoms. The number of hydrogen-bond acceptors (Lipinski definition) is 1. The van der Waals surface area contributed by atoms with E-state index in [1.807, 2.05) is 6.92 Å². The van der Waals surface area contributed by atoms with Crippen LogP contribution >= 0.6 is 0 Å². The highest BCUT2D eigenvalue weighted by atomic mass is 16.3. The minimum Gasteiger partial charge on any atom is -0.393 e. The number of rotatable bonds is 3. The number of aliphatic hydroxyl groups excluding tert-OH is 1. The van der Waals surface area contributed by atoms with Gasteiger partial charge in [-0.25, -0.2) is 0 Å². The Hall–Kier alpha value is -1.28. The highest BCUT2D eigenvalue weighted by Gasteiger charge is 2.01. The van der Waals surface area contributed by atoms with Crippen molar-refractivity contribution >= 4 is 10.9 Å². The maximum absolute atomic E-state index is 9.24. The van der Waals surface area contributed by atoms with Crippen LogP contribution in [0.3, 0.4) is 0 Å². The van der Waals surface area contributed by atoms with Crippen LogP contribution in [0.1, 0.15) is 18.9 Å². The molecule has 1 N–H and O–H groups in total. The summed E-state index contributed by atoms with van der Waals surface area (Å²) in [5.41, 5.74) is 2.56. The van der Waals surface area contributed by atoms with Gasteiger partial charge in [0.05, 0.1) is 6.10 Å². The van der Waals surface area contributed by atoms with Crippen LogP contribution in [-0.2, 0) is 13.5 Å². The van der Waals surface area contributed by atoms with Gasteiger partial charge in [-0.05, 0) is 42.8 Å². The van der Waals surface area contributed by atoms with Gasteiger partial charge >= 0.3 is 0 Å². The summed E-state index contributed by atoms with van der Waals surface area (Å²) in [6.45, 7) is 1.83. The molecule has 0 fully saturated rings. The Labute approximate surface area is 90.2 Å². The molecule has 1 unspecified atom stereocenters. The van der Waals surface area contributed by atoms with Gasteiger partial charge in [0.2, 0.25) is 0 Å². The van der Waals surface area contributed by atoms with Gasteiger partial charge in [-0.15, -0.1) is 0 Å². The molecule has 1 aromatic heterocycles. The molecule has 15 heavy (non-hydrogen) atoms. The van der Waals surface area contributed by atoms with Gasteiger partial charge in [-0.1, -0.05) is 12.1 Å². The monoisotopic (exact) mass is 203 g/mol. The fraction of sp³-hybridized carbons (Fsp3) is 0.385. The van der Waals surface area contributed by atoms with E-state index in [-0.39, 0.29) is 6.10 Å². The lowest BCUT2D eigenvalue weighted by Gasteiger charge is -2.05. The molecule has 1 heterocycles. The molecule has 2 aromatic rings. The van der Waals surface area contributed by atoms with E-state index in [0.717, 1.165) is 12.8 Å². The van der Waals surface area contributed by atoms with Crippen molar-refractivity contribution in [1.82, 2.24) is 4.57 Å². The third-order valence-electron chi connectivity index (χ3n) is 2.80. The maximum atomic E-state index is 9.24. The molecule has 0 saturated carbocycles. The molecule has 2 rings (SSSR count). The second kappa shape index (κ2) is 4.07. The Morgan fingerprint density at radius 1 is 1.33 bits per heavy atom. The highest BCUT2D eigenvalue weighted by molar-refractivity contribution is 5.80. The first-order chi connectivity index (χ1) is 7.16. The first-order valence-corrected chi connectivity index (χ1v) is 5.39. The summed E-state index contributed by atoms with van der Waals surface area (Å²) >= 11 is 0. The van der Waals surface area contributed by atoms with Crippen LogP contribution < -0.4 is 0 Å². The van der Waals surface area contributed by atoms with E-state index in [2.05, 4.69) is 42.1 Å². The molecule has 2 nitrogen and oxygen atoms in total. The maximum Gasteiger partial charge on any atom is 0.0515 e. The van der Waals surface area contributed by atoms with Crippen LogP contribution in [-0.4, -0.2) is 15.8 Å². The van der Waals surface area contributed by atoms with Gasteiger partial charge in [-0.3, -0.25) is 0 Å². The number of nitrogens with zero attached hydrogens (tertiary/aromatic N) is 1. The highest BCUT2D eigenvalue weighted by Crippen LogP contribution is 2.17. The Morgan fingerprint density at radius 3 is 2.87 bits per heavy atom. The van der Waals surface area contributed by atoms with Crippen LogP contribution in [0, 0.1) is 0 Å². The molecule has 2 heteroatoms. The largest absolute Gasteiger partial charge is 0.393 e. The molecule has 0 saturated heterocycles. The summed E-state index contributed by atoms with van der Waals surface area (Å²) in [6.07, 6.45) is 3.63. The van der Waals surface area contributed by atoms with Gasteiger partial charge in [0.25, 0.3) is 0 Å². The molecular weight excluding hydrogens is 186 g/mol. The quantitative estimate of drug-likeness (QED) is 0.814. The molecule has 1 aromatic carbocycles. The van der Waals surface area contributed by atoms with Crippen molar-refractivity contribution in [2.75, 3.05) is 0 Å². The Morgan fingerprint density at radius 2 is 2.13 bits per heavy atom. The summed E-state index contributed by atoms with van der Waals surface area (Å²) in [5.74, 6) is 0. The first-order valence-electron chi connectivity index (χ1n) is 5.39. The minimum atomic E-state index is -0.214.